The molecule has 1 aromatic rings. The molecule has 19 heavy (non-hydrogen) atoms. The molecule has 1 aromatic carbocycles. The Bertz CT molecular complexity index is 469. The summed E-state index contributed by atoms with van der Waals surface area (Å²) in [6.45, 7) is 6.38. The molecule has 5 heteroatoms. The molecule has 0 saturated carbocycles. The molecule has 0 unspecified atom stereocenters. The SMILES string of the molecule is CCCNCc1ccc(S(=O)(=O)N(C)CCC)cc1. The molecule has 0 spiro atoms. The maximum absolute atomic E-state index is 12.2. The number of hydrogen-bond donors (Lipinski definition) is 1. The Kier molecular flexibility index (Phi) is 6.48. The molecule has 0 radical (unpaired) electrons. The Labute approximate surface area is 116 Å². The van der Waals surface area contributed by atoms with E-state index in [0.717, 1.165) is 31.5 Å². The summed E-state index contributed by atoms with van der Waals surface area (Å²) < 4.78 is 25.8. The van der Waals surface area contributed by atoms with Gasteiger partial charge < -0.3 is 5.32 Å². The van der Waals surface area contributed by atoms with Crippen LogP contribution in [-0.2, 0) is 16.6 Å². The highest BCUT2D eigenvalue weighted by Crippen LogP contribution is 2.15. The monoisotopic (exact) mass is 284 g/mol. The van der Waals surface area contributed by atoms with Crippen molar-refractivity contribution >= 4 is 10.0 Å². The molecule has 1 N–H and O–H groups in total. The summed E-state index contributed by atoms with van der Waals surface area (Å²) in [6.07, 6.45) is 1.91. The van der Waals surface area contributed by atoms with E-state index in [9.17, 15) is 8.42 Å². The van der Waals surface area contributed by atoms with E-state index in [4.69, 9.17) is 0 Å². The third-order valence-corrected chi connectivity index (χ3v) is 4.80. The number of nitrogens with zero attached hydrogens (tertiary/aromatic N) is 1. The molecule has 0 fully saturated rings. The Balaban J connectivity index is 2.75. The van der Waals surface area contributed by atoms with Crippen LogP contribution in [0.1, 0.15) is 32.3 Å². The van der Waals surface area contributed by atoms with Crippen LogP contribution in [0.5, 0.6) is 0 Å². The minimum Gasteiger partial charge on any atom is -0.313 e. The van der Waals surface area contributed by atoms with Crippen LogP contribution in [-0.4, -0.2) is 32.9 Å². The lowest BCUT2D eigenvalue weighted by Crippen LogP contribution is -2.27. The van der Waals surface area contributed by atoms with Crippen molar-refractivity contribution in [2.75, 3.05) is 20.1 Å². The molecular formula is C14H24N2O2S. The smallest absolute Gasteiger partial charge is 0.242 e. The van der Waals surface area contributed by atoms with Crippen molar-refractivity contribution in [3.63, 3.8) is 0 Å². The van der Waals surface area contributed by atoms with Gasteiger partial charge in [-0.05, 0) is 37.1 Å². The molecule has 0 atom stereocenters. The molecule has 0 saturated heterocycles. The van der Waals surface area contributed by atoms with Crippen LogP contribution in [0.25, 0.3) is 0 Å². The molecule has 0 aromatic heterocycles. The lowest BCUT2D eigenvalue weighted by atomic mass is 10.2. The largest absolute Gasteiger partial charge is 0.313 e. The second kappa shape index (κ2) is 7.62. The van der Waals surface area contributed by atoms with E-state index in [1.807, 2.05) is 19.1 Å². The molecule has 0 heterocycles. The average Bonchev–Trinajstić information content (AvgIpc) is 2.40. The number of rotatable bonds is 8. The van der Waals surface area contributed by atoms with E-state index in [1.54, 1.807) is 19.2 Å². The maximum atomic E-state index is 12.2. The van der Waals surface area contributed by atoms with Gasteiger partial charge in [0.05, 0.1) is 4.90 Å². The second-order valence-corrected chi connectivity index (χ2v) is 6.69. The summed E-state index contributed by atoms with van der Waals surface area (Å²) in [6, 6.07) is 7.11. The third-order valence-electron chi connectivity index (χ3n) is 2.93. The zero-order valence-corrected chi connectivity index (χ0v) is 12.8. The summed E-state index contributed by atoms with van der Waals surface area (Å²) in [5.41, 5.74) is 1.10. The third kappa shape index (κ3) is 4.60. The van der Waals surface area contributed by atoms with E-state index >= 15 is 0 Å². The van der Waals surface area contributed by atoms with Gasteiger partial charge in [0.2, 0.25) is 10.0 Å². The summed E-state index contributed by atoms with van der Waals surface area (Å²) in [5.74, 6) is 0. The van der Waals surface area contributed by atoms with Crippen LogP contribution in [0.15, 0.2) is 29.2 Å². The first-order valence-corrected chi connectivity index (χ1v) is 8.22. The summed E-state index contributed by atoms with van der Waals surface area (Å²) in [4.78, 5) is 0.364. The van der Waals surface area contributed by atoms with Crippen molar-refractivity contribution in [1.82, 2.24) is 9.62 Å². The van der Waals surface area contributed by atoms with Crippen LogP contribution >= 0.6 is 0 Å². The van der Waals surface area contributed by atoms with Gasteiger partial charge in [-0.2, -0.15) is 0 Å². The number of benzene rings is 1. The molecule has 108 valence electrons. The van der Waals surface area contributed by atoms with Gasteiger partial charge in [-0.15, -0.1) is 0 Å². The normalized spacial score (nSPS) is 12.0. The highest BCUT2D eigenvalue weighted by atomic mass is 32.2. The maximum Gasteiger partial charge on any atom is 0.242 e. The van der Waals surface area contributed by atoms with Crippen molar-refractivity contribution < 1.29 is 8.42 Å². The fourth-order valence-corrected chi connectivity index (χ4v) is 3.07. The summed E-state index contributed by atoms with van der Waals surface area (Å²) in [5, 5.41) is 3.29. The Morgan fingerprint density at radius 1 is 1.11 bits per heavy atom. The lowest BCUT2D eigenvalue weighted by Gasteiger charge is -2.16. The predicted molar refractivity (Wildman–Crippen MR) is 78.5 cm³/mol. The van der Waals surface area contributed by atoms with Gasteiger partial charge in [-0.25, -0.2) is 12.7 Å². The van der Waals surface area contributed by atoms with Crippen molar-refractivity contribution in [3.05, 3.63) is 29.8 Å². The van der Waals surface area contributed by atoms with E-state index in [1.165, 1.54) is 4.31 Å². The standard InChI is InChI=1S/C14H24N2O2S/c1-4-10-15-12-13-6-8-14(9-7-13)19(17,18)16(3)11-5-2/h6-9,15H,4-5,10-12H2,1-3H3. The Morgan fingerprint density at radius 2 is 1.74 bits per heavy atom. The van der Waals surface area contributed by atoms with Crippen LogP contribution < -0.4 is 5.32 Å². The van der Waals surface area contributed by atoms with Crippen molar-refractivity contribution in [2.24, 2.45) is 0 Å². The Morgan fingerprint density at radius 3 is 2.26 bits per heavy atom. The molecule has 0 bridgehead atoms. The topological polar surface area (TPSA) is 49.4 Å². The summed E-state index contributed by atoms with van der Waals surface area (Å²) >= 11 is 0. The first kappa shape index (κ1) is 16.1. The molecule has 4 nitrogen and oxygen atoms in total. The van der Waals surface area contributed by atoms with E-state index in [0.29, 0.717) is 11.4 Å². The van der Waals surface area contributed by atoms with Crippen LogP contribution in [0.2, 0.25) is 0 Å². The van der Waals surface area contributed by atoms with Crippen LogP contribution in [0.3, 0.4) is 0 Å². The molecule has 0 aliphatic carbocycles. The van der Waals surface area contributed by atoms with Gasteiger partial charge in [-0.3, -0.25) is 0 Å². The molecule has 0 aliphatic heterocycles. The fourth-order valence-electron chi connectivity index (χ4n) is 1.80. The van der Waals surface area contributed by atoms with Gasteiger partial charge in [-0.1, -0.05) is 26.0 Å². The zero-order chi connectivity index (χ0) is 14.3. The van der Waals surface area contributed by atoms with E-state index < -0.39 is 10.0 Å². The molecule has 0 amide bonds. The van der Waals surface area contributed by atoms with E-state index in [2.05, 4.69) is 12.2 Å². The minimum absolute atomic E-state index is 0.364. The van der Waals surface area contributed by atoms with Crippen LogP contribution in [0.4, 0.5) is 0 Å². The van der Waals surface area contributed by atoms with Gasteiger partial charge >= 0.3 is 0 Å². The highest BCUT2D eigenvalue weighted by molar-refractivity contribution is 7.89. The zero-order valence-electron chi connectivity index (χ0n) is 12.0. The van der Waals surface area contributed by atoms with Gasteiger partial charge in [0, 0.05) is 20.1 Å². The van der Waals surface area contributed by atoms with E-state index in [-0.39, 0.29) is 0 Å². The lowest BCUT2D eigenvalue weighted by molar-refractivity contribution is 0.468. The van der Waals surface area contributed by atoms with Gasteiger partial charge in [0.15, 0.2) is 0 Å². The van der Waals surface area contributed by atoms with Crippen molar-refractivity contribution in [2.45, 2.75) is 38.1 Å². The average molecular weight is 284 g/mol. The van der Waals surface area contributed by atoms with Crippen LogP contribution in [0, 0.1) is 0 Å². The quantitative estimate of drug-likeness (QED) is 0.745. The second-order valence-electron chi connectivity index (χ2n) is 4.65. The molecule has 0 aliphatic rings. The first-order chi connectivity index (χ1) is 9.02. The minimum atomic E-state index is -3.33. The fraction of sp³-hybridized carbons (Fsp3) is 0.571. The van der Waals surface area contributed by atoms with Gasteiger partial charge in [0.1, 0.15) is 0 Å². The highest BCUT2D eigenvalue weighted by Gasteiger charge is 2.19. The number of sulfonamides is 1. The van der Waals surface area contributed by atoms with Gasteiger partial charge in [0.25, 0.3) is 0 Å². The molecule has 1 rings (SSSR count). The number of nitrogens with one attached hydrogen (secondary N) is 1. The summed E-state index contributed by atoms with van der Waals surface area (Å²) in [7, 11) is -1.71. The number of hydrogen-bond acceptors (Lipinski definition) is 3. The first-order valence-electron chi connectivity index (χ1n) is 6.78. The predicted octanol–water partition coefficient (Wildman–Crippen LogP) is 2.22. The van der Waals surface area contributed by atoms with Crippen molar-refractivity contribution in [1.29, 1.82) is 0 Å². The Hall–Kier alpha value is -0.910. The molecular weight excluding hydrogens is 260 g/mol. The van der Waals surface area contributed by atoms with Crippen molar-refractivity contribution in [3.8, 4) is 0 Å².